The molecular formula is C14H18ClN3. The Kier molecular flexibility index (Phi) is 4.04. The summed E-state index contributed by atoms with van der Waals surface area (Å²) >= 11 is 5.98. The molecule has 0 saturated carbocycles. The van der Waals surface area contributed by atoms with Crippen molar-refractivity contribution >= 4 is 28.2 Å². The Morgan fingerprint density at radius 1 is 1.39 bits per heavy atom. The molecule has 96 valence electrons. The molecule has 2 aromatic rings. The normalized spacial score (nSPS) is 12.7. The van der Waals surface area contributed by atoms with Crippen LogP contribution >= 0.6 is 11.6 Å². The summed E-state index contributed by atoms with van der Waals surface area (Å²) in [6.45, 7) is 4.29. The van der Waals surface area contributed by atoms with E-state index in [-0.39, 0.29) is 0 Å². The van der Waals surface area contributed by atoms with Crippen LogP contribution in [0.5, 0.6) is 0 Å². The van der Waals surface area contributed by atoms with Crippen LogP contribution < -0.4 is 10.9 Å². The number of hydrogen-bond acceptors (Lipinski definition) is 3. The van der Waals surface area contributed by atoms with Crippen LogP contribution in [0.2, 0.25) is 5.02 Å². The molecule has 0 spiro atoms. The Labute approximate surface area is 113 Å². The number of nitrogens with zero attached hydrogens (tertiary/aromatic N) is 2. The predicted molar refractivity (Wildman–Crippen MR) is 77.8 cm³/mol. The van der Waals surface area contributed by atoms with Crippen LogP contribution in [0, 0.1) is 0 Å². The zero-order valence-electron chi connectivity index (χ0n) is 10.7. The lowest BCUT2D eigenvalue weighted by atomic mass is 10.1. The molecule has 1 aromatic heterocycles. The number of rotatable bonds is 4. The summed E-state index contributed by atoms with van der Waals surface area (Å²) in [7, 11) is 0. The van der Waals surface area contributed by atoms with Crippen molar-refractivity contribution in [3.8, 4) is 0 Å². The van der Waals surface area contributed by atoms with Crippen molar-refractivity contribution in [2.24, 2.45) is 5.84 Å². The van der Waals surface area contributed by atoms with Gasteiger partial charge in [-0.1, -0.05) is 24.9 Å². The smallest absolute Gasteiger partial charge is 0.0738 e. The average molecular weight is 264 g/mol. The quantitative estimate of drug-likeness (QED) is 0.675. The fraction of sp³-hybridized carbons (Fsp3) is 0.357. The number of anilines is 1. The Bertz CT molecular complexity index is 542. The van der Waals surface area contributed by atoms with Crippen molar-refractivity contribution in [3.63, 3.8) is 0 Å². The van der Waals surface area contributed by atoms with Crippen molar-refractivity contribution in [1.82, 2.24) is 4.98 Å². The Morgan fingerprint density at radius 2 is 2.17 bits per heavy atom. The van der Waals surface area contributed by atoms with E-state index in [2.05, 4.69) is 18.8 Å². The van der Waals surface area contributed by atoms with E-state index in [0.29, 0.717) is 11.1 Å². The Morgan fingerprint density at radius 3 is 2.89 bits per heavy atom. The van der Waals surface area contributed by atoms with Gasteiger partial charge in [0.1, 0.15) is 0 Å². The summed E-state index contributed by atoms with van der Waals surface area (Å²) in [6, 6.07) is 7.95. The fourth-order valence-corrected chi connectivity index (χ4v) is 2.29. The van der Waals surface area contributed by atoms with Crippen molar-refractivity contribution < 1.29 is 0 Å². The van der Waals surface area contributed by atoms with Crippen LogP contribution in [-0.4, -0.2) is 11.0 Å². The molecule has 1 atom stereocenters. The third-order valence-electron chi connectivity index (χ3n) is 3.14. The highest BCUT2D eigenvalue weighted by Gasteiger charge is 2.13. The number of benzene rings is 1. The van der Waals surface area contributed by atoms with E-state index in [4.69, 9.17) is 17.4 Å². The Balaban J connectivity index is 2.44. The number of fused-ring (bicyclic) bond motifs is 1. The van der Waals surface area contributed by atoms with Gasteiger partial charge >= 0.3 is 0 Å². The maximum absolute atomic E-state index is 6.20. The maximum Gasteiger partial charge on any atom is 0.0738 e. The summed E-state index contributed by atoms with van der Waals surface area (Å²) in [6.07, 6.45) is 3.95. The molecule has 0 aliphatic carbocycles. The van der Waals surface area contributed by atoms with Crippen LogP contribution in [0.4, 0.5) is 5.69 Å². The highest BCUT2D eigenvalue weighted by molar-refractivity contribution is 6.31. The van der Waals surface area contributed by atoms with Crippen LogP contribution in [0.25, 0.3) is 10.9 Å². The van der Waals surface area contributed by atoms with Crippen molar-refractivity contribution in [2.45, 2.75) is 32.7 Å². The van der Waals surface area contributed by atoms with Crippen molar-refractivity contribution in [2.75, 3.05) is 5.01 Å². The molecule has 0 amide bonds. The molecule has 1 heterocycles. The maximum atomic E-state index is 6.20. The van der Waals surface area contributed by atoms with Gasteiger partial charge in [0.2, 0.25) is 0 Å². The van der Waals surface area contributed by atoms with Gasteiger partial charge in [-0.2, -0.15) is 0 Å². The van der Waals surface area contributed by atoms with Gasteiger partial charge in [-0.25, -0.2) is 5.84 Å². The topological polar surface area (TPSA) is 42.1 Å². The van der Waals surface area contributed by atoms with Crippen LogP contribution in [-0.2, 0) is 0 Å². The second-order valence-electron chi connectivity index (χ2n) is 4.54. The molecule has 0 saturated heterocycles. The minimum Gasteiger partial charge on any atom is -0.308 e. The lowest BCUT2D eigenvalue weighted by Crippen LogP contribution is -2.39. The molecule has 0 aliphatic rings. The summed E-state index contributed by atoms with van der Waals surface area (Å²) in [5.74, 6) is 6.20. The molecule has 18 heavy (non-hydrogen) atoms. The molecule has 0 aliphatic heterocycles. The van der Waals surface area contributed by atoms with Gasteiger partial charge < -0.3 is 5.01 Å². The second-order valence-corrected chi connectivity index (χ2v) is 4.97. The standard InChI is InChI=1S/C14H18ClN3/c1-3-4-10(2)18(16)14-7-8-17-13-9-11(15)5-6-12(13)14/h5-10H,3-4,16H2,1-2H3. The van der Waals surface area contributed by atoms with Gasteiger partial charge in [0.15, 0.2) is 0 Å². The van der Waals surface area contributed by atoms with E-state index in [1.165, 1.54) is 0 Å². The van der Waals surface area contributed by atoms with E-state index in [0.717, 1.165) is 29.4 Å². The molecular weight excluding hydrogens is 246 g/mol. The van der Waals surface area contributed by atoms with Gasteiger partial charge in [-0.3, -0.25) is 4.98 Å². The first-order chi connectivity index (χ1) is 8.63. The second kappa shape index (κ2) is 5.55. The van der Waals surface area contributed by atoms with Gasteiger partial charge in [0, 0.05) is 22.6 Å². The van der Waals surface area contributed by atoms with Gasteiger partial charge in [-0.05, 0) is 37.6 Å². The fourth-order valence-electron chi connectivity index (χ4n) is 2.13. The third kappa shape index (κ3) is 2.57. The molecule has 0 radical (unpaired) electrons. The number of aromatic nitrogens is 1. The van der Waals surface area contributed by atoms with Crippen LogP contribution in [0.1, 0.15) is 26.7 Å². The lowest BCUT2D eigenvalue weighted by Gasteiger charge is -2.27. The number of halogens is 1. The molecule has 1 aromatic carbocycles. The molecule has 3 nitrogen and oxygen atoms in total. The molecule has 0 fully saturated rings. The number of pyridine rings is 1. The molecule has 0 bridgehead atoms. The minimum atomic E-state index is 0.302. The van der Waals surface area contributed by atoms with Crippen LogP contribution in [0.3, 0.4) is 0 Å². The summed E-state index contributed by atoms with van der Waals surface area (Å²) < 4.78 is 0. The predicted octanol–water partition coefficient (Wildman–Crippen LogP) is 3.76. The highest BCUT2D eigenvalue weighted by atomic mass is 35.5. The van der Waals surface area contributed by atoms with Gasteiger partial charge in [-0.15, -0.1) is 0 Å². The molecule has 2 N–H and O–H groups in total. The van der Waals surface area contributed by atoms with Crippen molar-refractivity contribution in [3.05, 3.63) is 35.5 Å². The summed E-state index contributed by atoms with van der Waals surface area (Å²) in [5, 5.41) is 3.55. The molecule has 2 rings (SSSR count). The highest BCUT2D eigenvalue weighted by Crippen LogP contribution is 2.27. The summed E-state index contributed by atoms with van der Waals surface area (Å²) in [4.78, 5) is 4.32. The first kappa shape index (κ1) is 13.1. The largest absolute Gasteiger partial charge is 0.308 e. The van der Waals surface area contributed by atoms with Crippen molar-refractivity contribution in [1.29, 1.82) is 0 Å². The zero-order chi connectivity index (χ0) is 13.1. The minimum absolute atomic E-state index is 0.302. The lowest BCUT2D eigenvalue weighted by molar-refractivity contribution is 0.594. The number of hydrogen-bond donors (Lipinski definition) is 1. The van der Waals surface area contributed by atoms with E-state index < -0.39 is 0 Å². The monoisotopic (exact) mass is 263 g/mol. The first-order valence-electron chi connectivity index (χ1n) is 6.21. The van der Waals surface area contributed by atoms with E-state index >= 15 is 0 Å². The number of nitrogens with two attached hydrogens (primary N) is 1. The average Bonchev–Trinajstić information content (AvgIpc) is 2.37. The van der Waals surface area contributed by atoms with E-state index in [9.17, 15) is 0 Å². The zero-order valence-corrected chi connectivity index (χ0v) is 11.5. The molecule has 1 unspecified atom stereocenters. The van der Waals surface area contributed by atoms with E-state index in [1.807, 2.05) is 29.3 Å². The number of hydrazine groups is 1. The van der Waals surface area contributed by atoms with Gasteiger partial charge in [0.05, 0.1) is 11.2 Å². The Hall–Kier alpha value is -1.32. The first-order valence-corrected chi connectivity index (χ1v) is 6.59. The van der Waals surface area contributed by atoms with E-state index in [1.54, 1.807) is 6.20 Å². The van der Waals surface area contributed by atoms with Crippen LogP contribution in [0.15, 0.2) is 30.5 Å². The van der Waals surface area contributed by atoms with Gasteiger partial charge in [0.25, 0.3) is 0 Å². The molecule has 4 heteroatoms. The third-order valence-corrected chi connectivity index (χ3v) is 3.38. The SMILES string of the molecule is CCCC(C)N(N)c1ccnc2cc(Cl)ccc12. The summed E-state index contributed by atoms with van der Waals surface area (Å²) in [5.41, 5.74) is 1.87.